The average molecular weight is 251 g/mol. The molecule has 1 heterocycles. The van der Waals surface area contributed by atoms with Gasteiger partial charge in [-0.25, -0.2) is 0 Å². The van der Waals surface area contributed by atoms with Gasteiger partial charge >= 0.3 is 0 Å². The second-order valence-corrected chi connectivity index (χ2v) is 5.97. The van der Waals surface area contributed by atoms with Gasteiger partial charge in [0.2, 0.25) is 0 Å². The molecule has 0 amide bonds. The highest BCUT2D eigenvalue weighted by atomic mass is 16.1. The number of carbonyl (C=O) groups is 1. The first kappa shape index (κ1) is 11.2. The van der Waals surface area contributed by atoms with E-state index in [-0.39, 0.29) is 11.2 Å². The molecule has 1 aromatic carbocycles. The van der Waals surface area contributed by atoms with E-state index >= 15 is 0 Å². The fraction of sp³-hybridized carbons (Fsp3) is 0.412. The third kappa shape index (κ3) is 1.49. The fourth-order valence-electron chi connectivity index (χ4n) is 4.03. The molecule has 1 atom stereocenters. The maximum absolute atomic E-state index is 12.0. The normalized spacial score (nSPS) is 29.3. The summed E-state index contributed by atoms with van der Waals surface area (Å²) in [7, 11) is 0. The molecule has 0 saturated heterocycles. The van der Waals surface area contributed by atoms with E-state index in [4.69, 9.17) is 0 Å². The van der Waals surface area contributed by atoms with Crippen LogP contribution in [-0.2, 0) is 10.2 Å². The summed E-state index contributed by atoms with van der Waals surface area (Å²) in [6, 6.07) is 8.27. The van der Waals surface area contributed by atoms with Crippen LogP contribution >= 0.6 is 0 Å². The molecule has 1 unspecified atom stereocenters. The topological polar surface area (TPSA) is 29.4 Å². The minimum atomic E-state index is -0.206. The number of aliphatic imine (C=N–C) groups is 1. The van der Waals surface area contributed by atoms with Crippen molar-refractivity contribution in [3.63, 3.8) is 0 Å². The molecule has 3 aliphatic rings. The van der Waals surface area contributed by atoms with Crippen molar-refractivity contribution in [3.05, 3.63) is 41.5 Å². The van der Waals surface area contributed by atoms with Gasteiger partial charge in [0.25, 0.3) is 0 Å². The molecule has 0 radical (unpaired) electrons. The highest BCUT2D eigenvalue weighted by Gasteiger charge is 2.47. The molecule has 1 aromatic rings. The van der Waals surface area contributed by atoms with Crippen molar-refractivity contribution in [2.24, 2.45) is 10.9 Å². The Hall–Kier alpha value is -1.70. The van der Waals surface area contributed by atoms with Gasteiger partial charge in [-0.2, -0.15) is 0 Å². The highest BCUT2D eigenvalue weighted by molar-refractivity contribution is 6.04. The van der Waals surface area contributed by atoms with Gasteiger partial charge < -0.3 is 0 Å². The molecule has 2 nitrogen and oxygen atoms in total. The van der Waals surface area contributed by atoms with E-state index in [9.17, 15) is 4.79 Å². The fourth-order valence-corrected chi connectivity index (χ4v) is 4.03. The Bertz CT molecular complexity index is 607. The molecule has 4 rings (SSSR count). The van der Waals surface area contributed by atoms with Crippen LogP contribution in [0.25, 0.3) is 0 Å². The van der Waals surface area contributed by atoms with Crippen LogP contribution in [-0.4, -0.2) is 12.0 Å². The van der Waals surface area contributed by atoms with E-state index in [2.05, 4.69) is 23.2 Å². The van der Waals surface area contributed by atoms with Crippen LogP contribution in [0.5, 0.6) is 0 Å². The van der Waals surface area contributed by atoms with E-state index in [1.807, 2.05) is 18.4 Å². The first-order valence-electron chi connectivity index (χ1n) is 7.19. The van der Waals surface area contributed by atoms with E-state index in [0.29, 0.717) is 12.3 Å². The second kappa shape index (κ2) is 3.89. The van der Waals surface area contributed by atoms with Crippen LogP contribution < -0.4 is 0 Å². The zero-order valence-electron chi connectivity index (χ0n) is 10.9. The van der Waals surface area contributed by atoms with E-state index in [1.165, 1.54) is 36.8 Å². The maximum atomic E-state index is 12.0. The number of carbonyl (C=O) groups excluding carboxylic acids is 1. The van der Waals surface area contributed by atoms with Crippen LogP contribution in [0, 0.1) is 5.92 Å². The Morgan fingerprint density at radius 1 is 1.16 bits per heavy atom. The minimum absolute atomic E-state index is 0.206. The Morgan fingerprint density at radius 2 is 1.95 bits per heavy atom. The summed E-state index contributed by atoms with van der Waals surface area (Å²) in [5.74, 6) is 0.856. The van der Waals surface area contributed by atoms with Gasteiger partial charge in [0.05, 0.1) is 11.1 Å². The van der Waals surface area contributed by atoms with Crippen molar-refractivity contribution < 1.29 is 4.79 Å². The number of ketones is 1. The Kier molecular flexibility index (Phi) is 2.29. The third-order valence-corrected chi connectivity index (χ3v) is 4.89. The lowest BCUT2D eigenvalue weighted by Gasteiger charge is -2.29. The van der Waals surface area contributed by atoms with Crippen molar-refractivity contribution in [2.75, 3.05) is 0 Å². The quantitative estimate of drug-likeness (QED) is 0.747. The summed E-state index contributed by atoms with van der Waals surface area (Å²) >= 11 is 0. The molecular weight excluding hydrogens is 234 g/mol. The third-order valence-electron chi connectivity index (χ3n) is 4.89. The smallest absolute Gasteiger partial charge is 0.157 e. The number of fused-ring (bicyclic) bond motifs is 2. The zero-order chi connectivity index (χ0) is 12.9. The molecule has 0 bridgehead atoms. The van der Waals surface area contributed by atoms with Gasteiger partial charge in [-0.3, -0.25) is 9.79 Å². The van der Waals surface area contributed by atoms with Crippen molar-refractivity contribution in [1.29, 1.82) is 0 Å². The molecule has 19 heavy (non-hydrogen) atoms. The summed E-state index contributed by atoms with van der Waals surface area (Å²) in [6.07, 6.45) is 9.60. The van der Waals surface area contributed by atoms with Gasteiger partial charge in [0, 0.05) is 12.6 Å². The van der Waals surface area contributed by atoms with Crippen LogP contribution in [0.3, 0.4) is 0 Å². The van der Waals surface area contributed by atoms with Crippen molar-refractivity contribution in [1.82, 2.24) is 0 Å². The predicted octanol–water partition coefficient (Wildman–Crippen LogP) is 3.73. The number of benzene rings is 1. The van der Waals surface area contributed by atoms with Gasteiger partial charge in [-0.15, -0.1) is 0 Å². The lowest BCUT2D eigenvalue weighted by Crippen LogP contribution is -2.29. The molecule has 0 aromatic heterocycles. The molecule has 2 heteroatoms. The Balaban J connectivity index is 1.85. The number of hydrogen-bond donors (Lipinski definition) is 0. The van der Waals surface area contributed by atoms with Crippen LogP contribution in [0.1, 0.15) is 37.7 Å². The Labute approximate surface area is 113 Å². The predicted molar refractivity (Wildman–Crippen MR) is 75.9 cm³/mol. The zero-order valence-corrected chi connectivity index (χ0v) is 10.9. The maximum Gasteiger partial charge on any atom is 0.157 e. The largest absolute Gasteiger partial charge is 0.295 e. The van der Waals surface area contributed by atoms with Gasteiger partial charge in [0.15, 0.2) is 5.78 Å². The standard InChI is InChI=1S/C17H17NO/c19-13-9-15(12-5-1-2-6-12)17(10-13)11-18-16-8-4-3-7-14(16)17/h3-4,7-9,11-12H,1-2,5-6,10H2. The summed E-state index contributed by atoms with van der Waals surface area (Å²) in [6.45, 7) is 0. The molecule has 1 saturated carbocycles. The van der Waals surface area contributed by atoms with E-state index < -0.39 is 0 Å². The first-order valence-corrected chi connectivity index (χ1v) is 7.19. The number of para-hydroxylation sites is 1. The lowest BCUT2D eigenvalue weighted by molar-refractivity contribution is -0.114. The molecule has 0 N–H and O–H groups in total. The highest BCUT2D eigenvalue weighted by Crippen LogP contribution is 2.52. The molecule has 96 valence electrons. The molecular formula is C17H17NO. The summed E-state index contributed by atoms with van der Waals surface area (Å²) in [5.41, 5.74) is 3.41. The average Bonchev–Trinajstić information content (AvgIpc) is 3.11. The van der Waals surface area contributed by atoms with E-state index in [1.54, 1.807) is 0 Å². The number of allylic oxidation sites excluding steroid dienone is 2. The number of nitrogens with zero attached hydrogens (tertiary/aromatic N) is 1. The van der Waals surface area contributed by atoms with Gasteiger partial charge in [-0.05, 0) is 42.0 Å². The van der Waals surface area contributed by atoms with Crippen LogP contribution in [0.15, 0.2) is 40.9 Å². The monoisotopic (exact) mass is 251 g/mol. The first-order chi connectivity index (χ1) is 9.29. The van der Waals surface area contributed by atoms with Crippen molar-refractivity contribution in [2.45, 2.75) is 37.5 Å². The number of hydrogen-bond acceptors (Lipinski definition) is 2. The molecule has 1 spiro atoms. The van der Waals surface area contributed by atoms with Crippen LogP contribution in [0.4, 0.5) is 5.69 Å². The summed E-state index contributed by atoms with van der Waals surface area (Å²) in [5, 5.41) is 0. The van der Waals surface area contributed by atoms with E-state index in [0.717, 1.165) is 5.69 Å². The molecule has 1 aliphatic heterocycles. The molecule has 2 aliphatic carbocycles. The SMILES string of the molecule is O=C1C=C(C2CCCC2)C2(C=Nc3ccccc32)C1. The van der Waals surface area contributed by atoms with Crippen molar-refractivity contribution >= 4 is 17.7 Å². The minimum Gasteiger partial charge on any atom is -0.295 e. The van der Waals surface area contributed by atoms with Crippen LogP contribution in [0.2, 0.25) is 0 Å². The van der Waals surface area contributed by atoms with Gasteiger partial charge in [0.1, 0.15) is 0 Å². The lowest BCUT2D eigenvalue weighted by atomic mass is 9.72. The van der Waals surface area contributed by atoms with Gasteiger partial charge in [-0.1, -0.05) is 31.0 Å². The molecule has 1 fully saturated rings. The van der Waals surface area contributed by atoms with Crippen molar-refractivity contribution in [3.8, 4) is 0 Å². The Morgan fingerprint density at radius 3 is 2.79 bits per heavy atom. The summed E-state index contributed by atoms with van der Waals surface area (Å²) in [4.78, 5) is 16.6. The second-order valence-electron chi connectivity index (χ2n) is 5.97. The number of rotatable bonds is 1. The summed E-state index contributed by atoms with van der Waals surface area (Å²) < 4.78 is 0.